The first-order valence-electron chi connectivity index (χ1n) is 10.2. The largest absolute Gasteiger partial charge is 0.493 e. The van der Waals surface area contributed by atoms with E-state index in [0.29, 0.717) is 27.9 Å². The van der Waals surface area contributed by atoms with Crippen LogP contribution in [0, 0.1) is 5.82 Å². The van der Waals surface area contributed by atoms with Crippen LogP contribution in [0.1, 0.15) is 10.4 Å². The number of hydrogen-bond acceptors (Lipinski definition) is 7. The van der Waals surface area contributed by atoms with E-state index in [1.807, 2.05) is 11.4 Å². The van der Waals surface area contributed by atoms with Crippen molar-refractivity contribution in [3.05, 3.63) is 83.5 Å². The average Bonchev–Trinajstić information content (AvgIpc) is 3.32. The molecule has 0 fully saturated rings. The fourth-order valence-corrected chi connectivity index (χ4v) is 4.92. The molecule has 0 radical (unpaired) electrons. The molecule has 1 aromatic heterocycles. The van der Waals surface area contributed by atoms with E-state index in [1.165, 1.54) is 47.7 Å². The quantitative estimate of drug-likeness (QED) is 0.343. The van der Waals surface area contributed by atoms with Crippen LogP contribution in [-0.2, 0) is 10.0 Å². The number of thiazole rings is 1. The van der Waals surface area contributed by atoms with Crippen molar-refractivity contribution in [1.82, 2.24) is 4.98 Å². The molecular weight excluding hydrogens is 493 g/mol. The number of rotatable bonds is 8. The lowest BCUT2D eigenvalue weighted by molar-refractivity contribution is 0.102. The van der Waals surface area contributed by atoms with Gasteiger partial charge in [0.1, 0.15) is 5.82 Å². The lowest BCUT2D eigenvalue weighted by atomic mass is 10.1. The van der Waals surface area contributed by atoms with E-state index in [0.717, 1.165) is 17.7 Å². The van der Waals surface area contributed by atoms with Gasteiger partial charge in [-0.25, -0.2) is 17.8 Å². The summed E-state index contributed by atoms with van der Waals surface area (Å²) in [5.41, 5.74) is 2.04. The number of sulfonamides is 1. The summed E-state index contributed by atoms with van der Waals surface area (Å²) in [6.07, 6.45) is 0. The van der Waals surface area contributed by atoms with Gasteiger partial charge in [-0.2, -0.15) is 0 Å². The number of hydrogen-bond donors (Lipinski definition) is 2. The molecule has 8 nitrogen and oxygen atoms in total. The SMILES string of the molecule is COc1ccc(-c2csc(NC(=O)c3ccc(NS(=O)(=O)c4ccc(F)cc4)cc3)n2)cc1OC. The Hall–Kier alpha value is -3.96. The molecule has 1 heterocycles. The van der Waals surface area contributed by atoms with Gasteiger partial charge in [0.25, 0.3) is 15.9 Å². The predicted octanol–water partition coefficient (Wildman–Crippen LogP) is 5.02. The van der Waals surface area contributed by atoms with Crippen molar-refractivity contribution < 1.29 is 27.1 Å². The van der Waals surface area contributed by atoms with Gasteiger partial charge >= 0.3 is 0 Å². The van der Waals surface area contributed by atoms with Gasteiger partial charge in [0.05, 0.1) is 24.8 Å². The number of nitrogens with zero attached hydrogens (tertiary/aromatic N) is 1. The molecule has 0 saturated carbocycles. The van der Waals surface area contributed by atoms with E-state index in [-0.39, 0.29) is 10.6 Å². The summed E-state index contributed by atoms with van der Waals surface area (Å²) in [7, 11) is -0.782. The summed E-state index contributed by atoms with van der Waals surface area (Å²) < 4.78 is 50.9. The summed E-state index contributed by atoms with van der Waals surface area (Å²) in [5.74, 6) is 0.240. The first-order valence-corrected chi connectivity index (χ1v) is 12.5. The molecule has 0 bridgehead atoms. The van der Waals surface area contributed by atoms with Crippen LogP contribution in [0.4, 0.5) is 15.2 Å². The molecule has 0 spiro atoms. The van der Waals surface area contributed by atoms with E-state index in [2.05, 4.69) is 15.0 Å². The minimum atomic E-state index is -3.89. The third kappa shape index (κ3) is 5.58. The van der Waals surface area contributed by atoms with Crippen molar-refractivity contribution in [1.29, 1.82) is 0 Å². The Labute approximate surface area is 205 Å². The molecule has 35 heavy (non-hydrogen) atoms. The standard InChI is InChI=1S/C24H20FN3O5S2/c1-32-21-12-5-16(13-22(21)33-2)20-14-34-24(26-20)27-23(29)15-3-8-18(9-4-15)28-35(30,31)19-10-6-17(25)7-11-19/h3-14,28H,1-2H3,(H,26,27,29). The highest BCUT2D eigenvalue weighted by Crippen LogP contribution is 2.33. The fourth-order valence-electron chi connectivity index (χ4n) is 3.15. The minimum Gasteiger partial charge on any atom is -0.493 e. The molecule has 0 saturated heterocycles. The molecule has 180 valence electrons. The van der Waals surface area contributed by atoms with Crippen LogP contribution in [0.3, 0.4) is 0 Å². The fraction of sp³-hybridized carbons (Fsp3) is 0.0833. The highest BCUT2D eigenvalue weighted by molar-refractivity contribution is 7.92. The van der Waals surface area contributed by atoms with Crippen LogP contribution < -0.4 is 19.5 Å². The number of halogens is 1. The van der Waals surface area contributed by atoms with Crippen molar-refractivity contribution >= 4 is 38.1 Å². The lowest BCUT2D eigenvalue weighted by Gasteiger charge is -2.09. The number of amides is 1. The normalized spacial score (nSPS) is 11.1. The molecular formula is C24H20FN3O5S2. The molecule has 0 unspecified atom stereocenters. The maximum atomic E-state index is 13.1. The molecule has 0 aliphatic heterocycles. The van der Waals surface area contributed by atoms with Crippen LogP contribution in [0.25, 0.3) is 11.3 Å². The minimum absolute atomic E-state index is 0.0743. The van der Waals surface area contributed by atoms with Crippen molar-refractivity contribution in [3.8, 4) is 22.8 Å². The first-order chi connectivity index (χ1) is 16.8. The molecule has 0 atom stereocenters. The monoisotopic (exact) mass is 513 g/mol. The van der Waals surface area contributed by atoms with E-state index >= 15 is 0 Å². The van der Waals surface area contributed by atoms with Crippen LogP contribution in [0.2, 0.25) is 0 Å². The number of carbonyl (C=O) groups excluding carboxylic acids is 1. The smallest absolute Gasteiger partial charge is 0.261 e. The number of nitrogens with one attached hydrogen (secondary N) is 2. The van der Waals surface area contributed by atoms with Crippen molar-refractivity contribution in [2.24, 2.45) is 0 Å². The van der Waals surface area contributed by atoms with Gasteiger partial charge in [0, 0.05) is 22.2 Å². The van der Waals surface area contributed by atoms with Crippen LogP contribution in [-0.4, -0.2) is 33.5 Å². The van der Waals surface area contributed by atoms with E-state index in [4.69, 9.17) is 9.47 Å². The Kier molecular flexibility index (Phi) is 6.99. The highest BCUT2D eigenvalue weighted by Gasteiger charge is 2.16. The Balaban J connectivity index is 1.43. The maximum Gasteiger partial charge on any atom is 0.261 e. The maximum absolute atomic E-state index is 13.1. The second kappa shape index (κ2) is 10.1. The number of carbonyl (C=O) groups is 1. The molecule has 1 amide bonds. The molecule has 0 aliphatic rings. The van der Waals surface area contributed by atoms with E-state index < -0.39 is 21.7 Å². The number of aromatic nitrogens is 1. The van der Waals surface area contributed by atoms with Gasteiger partial charge < -0.3 is 9.47 Å². The van der Waals surface area contributed by atoms with Crippen molar-refractivity contribution in [2.45, 2.75) is 4.90 Å². The number of benzene rings is 3. The van der Waals surface area contributed by atoms with Gasteiger partial charge in [-0.3, -0.25) is 14.8 Å². The topological polar surface area (TPSA) is 107 Å². The zero-order chi connectivity index (χ0) is 25.0. The van der Waals surface area contributed by atoms with Crippen LogP contribution in [0.5, 0.6) is 11.5 Å². The summed E-state index contributed by atoms with van der Waals surface area (Å²) in [5, 5.41) is 4.95. The second-order valence-electron chi connectivity index (χ2n) is 7.20. The van der Waals surface area contributed by atoms with Gasteiger partial charge in [0.2, 0.25) is 0 Å². The van der Waals surface area contributed by atoms with E-state index in [1.54, 1.807) is 26.4 Å². The summed E-state index contributed by atoms with van der Waals surface area (Å²) in [6, 6.07) is 15.8. The summed E-state index contributed by atoms with van der Waals surface area (Å²) in [4.78, 5) is 17.0. The van der Waals surface area contributed by atoms with Crippen LogP contribution in [0.15, 0.2) is 77.0 Å². The van der Waals surface area contributed by atoms with Crippen LogP contribution >= 0.6 is 11.3 Å². The molecule has 11 heteroatoms. The van der Waals surface area contributed by atoms with Crippen molar-refractivity contribution in [2.75, 3.05) is 24.3 Å². The van der Waals surface area contributed by atoms with Gasteiger partial charge in [-0.05, 0) is 66.7 Å². The van der Waals surface area contributed by atoms with Gasteiger partial charge in [-0.15, -0.1) is 11.3 Å². The van der Waals surface area contributed by atoms with Gasteiger partial charge in [0.15, 0.2) is 16.6 Å². The lowest BCUT2D eigenvalue weighted by Crippen LogP contribution is -2.14. The highest BCUT2D eigenvalue weighted by atomic mass is 32.2. The number of ether oxygens (including phenoxy) is 2. The Morgan fingerprint density at radius 3 is 2.29 bits per heavy atom. The molecule has 3 aromatic carbocycles. The summed E-state index contributed by atoms with van der Waals surface area (Å²) >= 11 is 1.27. The van der Waals surface area contributed by atoms with Crippen molar-refractivity contribution in [3.63, 3.8) is 0 Å². The Morgan fingerprint density at radius 1 is 0.943 bits per heavy atom. The molecule has 4 aromatic rings. The second-order valence-corrected chi connectivity index (χ2v) is 9.74. The number of anilines is 2. The molecule has 2 N–H and O–H groups in total. The molecule has 4 rings (SSSR count). The van der Waals surface area contributed by atoms with Gasteiger partial charge in [-0.1, -0.05) is 0 Å². The molecule has 0 aliphatic carbocycles. The first kappa shape index (κ1) is 24.2. The zero-order valence-corrected chi connectivity index (χ0v) is 20.2. The average molecular weight is 514 g/mol. The van der Waals surface area contributed by atoms with E-state index in [9.17, 15) is 17.6 Å². The zero-order valence-electron chi connectivity index (χ0n) is 18.6. The summed E-state index contributed by atoms with van der Waals surface area (Å²) in [6.45, 7) is 0. The number of methoxy groups -OCH3 is 2. The predicted molar refractivity (Wildman–Crippen MR) is 132 cm³/mol. The third-order valence-corrected chi connectivity index (χ3v) is 7.08. The third-order valence-electron chi connectivity index (χ3n) is 4.93. The Morgan fingerprint density at radius 2 is 1.63 bits per heavy atom. The Bertz CT molecular complexity index is 1450.